The van der Waals surface area contributed by atoms with E-state index >= 15 is 0 Å². The van der Waals surface area contributed by atoms with Gasteiger partial charge in [-0.05, 0) is 44.2 Å². The molecule has 0 spiro atoms. The predicted octanol–water partition coefficient (Wildman–Crippen LogP) is 3.32. The minimum absolute atomic E-state index is 0.233. The Balaban J connectivity index is 2.00. The second kappa shape index (κ2) is 8.03. The molecule has 2 rings (SSSR count). The molecule has 21 heavy (non-hydrogen) atoms. The fourth-order valence-corrected chi connectivity index (χ4v) is 3.14. The van der Waals surface area contributed by atoms with Crippen molar-refractivity contribution in [3.05, 3.63) is 30.3 Å². The highest BCUT2D eigenvalue weighted by Gasteiger charge is 2.25. The topological polar surface area (TPSA) is 49.8 Å². The molecule has 0 atom stereocenters. The van der Waals surface area contributed by atoms with Crippen molar-refractivity contribution < 1.29 is 14.6 Å². The van der Waals surface area contributed by atoms with Gasteiger partial charge in [0.25, 0.3) is 0 Å². The number of nitrogens with zero attached hydrogens (tertiary/aromatic N) is 1. The Morgan fingerprint density at radius 3 is 2.48 bits per heavy atom. The summed E-state index contributed by atoms with van der Waals surface area (Å²) < 4.78 is 5.44. The lowest BCUT2D eigenvalue weighted by atomic mass is 9.91. The molecule has 1 fully saturated rings. The van der Waals surface area contributed by atoms with Gasteiger partial charge in [0.1, 0.15) is 0 Å². The second-order valence-electron chi connectivity index (χ2n) is 5.69. The normalized spacial score (nSPS) is 22.0. The van der Waals surface area contributed by atoms with Crippen LogP contribution in [0.5, 0.6) is 0 Å². The first-order valence-corrected chi connectivity index (χ1v) is 7.77. The van der Waals surface area contributed by atoms with Gasteiger partial charge >= 0.3 is 5.97 Å². The van der Waals surface area contributed by atoms with E-state index in [4.69, 9.17) is 9.84 Å². The number of ether oxygens (including phenoxy) is 1. The first-order chi connectivity index (χ1) is 10.2. The van der Waals surface area contributed by atoms with E-state index in [1.807, 2.05) is 18.2 Å². The first-order valence-electron chi connectivity index (χ1n) is 7.77. The van der Waals surface area contributed by atoms with E-state index in [-0.39, 0.29) is 6.42 Å². The molecule has 0 radical (unpaired) electrons. The molecule has 0 heterocycles. The Hall–Kier alpha value is -1.55. The van der Waals surface area contributed by atoms with Gasteiger partial charge in [-0.3, -0.25) is 4.79 Å². The number of benzene rings is 1. The summed E-state index contributed by atoms with van der Waals surface area (Å²) in [6, 6.07) is 10.8. The van der Waals surface area contributed by atoms with E-state index in [1.54, 1.807) is 7.11 Å². The van der Waals surface area contributed by atoms with Crippen LogP contribution >= 0.6 is 0 Å². The highest BCUT2D eigenvalue weighted by molar-refractivity contribution is 5.66. The maximum Gasteiger partial charge on any atom is 0.303 e. The van der Waals surface area contributed by atoms with Gasteiger partial charge in [0.05, 0.1) is 6.10 Å². The lowest BCUT2D eigenvalue weighted by Gasteiger charge is -2.38. The molecule has 0 saturated heterocycles. The van der Waals surface area contributed by atoms with Crippen LogP contribution < -0.4 is 4.90 Å². The van der Waals surface area contributed by atoms with E-state index < -0.39 is 5.97 Å². The molecule has 4 heteroatoms. The minimum atomic E-state index is -0.717. The van der Waals surface area contributed by atoms with E-state index in [9.17, 15) is 4.79 Å². The lowest BCUT2D eigenvalue weighted by Crippen LogP contribution is -2.40. The second-order valence-corrected chi connectivity index (χ2v) is 5.69. The van der Waals surface area contributed by atoms with Crippen LogP contribution in [-0.4, -0.2) is 36.9 Å². The Morgan fingerprint density at radius 1 is 1.24 bits per heavy atom. The standard InChI is InChI=1S/C17H25NO3/c1-21-16-11-9-15(10-12-16)18(13-5-8-17(19)20)14-6-3-2-4-7-14/h2-4,6-7,15-16H,5,8-13H2,1H3,(H,19,20). The highest BCUT2D eigenvalue weighted by Crippen LogP contribution is 2.28. The van der Waals surface area contributed by atoms with Gasteiger partial charge in [-0.2, -0.15) is 0 Å². The fourth-order valence-electron chi connectivity index (χ4n) is 3.14. The third-order valence-electron chi connectivity index (χ3n) is 4.30. The Morgan fingerprint density at radius 2 is 1.90 bits per heavy atom. The summed E-state index contributed by atoms with van der Waals surface area (Å²) in [6.45, 7) is 0.804. The molecule has 1 aliphatic rings. The highest BCUT2D eigenvalue weighted by atomic mass is 16.5. The number of carboxylic acid groups (broad SMARTS) is 1. The number of anilines is 1. The third-order valence-corrected chi connectivity index (χ3v) is 4.30. The van der Waals surface area contributed by atoms with E-state index in [1.165, 1.54) is 5.69 Å². The number of carboxylic acids is 1. The van der Waals surface area contributed by atoms with Crippen LogP contribution in [0, 0.1) is 0 Å². The molecule has 0 aromatic heterocycles. The van der Waals surface area contributed by atoms with E-state index in [0.29, 0.717) is 18.6 Å². The van der Waals surface area contributed by atoms with Gasteiger partial charge in [0, 0.05) is 31.8 Å². The summed E-state index contributed by atoms with van der Waals surface area (Å²) >= 11 is 0. The van der Waals surface area contributed by atoms with E-state index in [2.05, 4.69) is 17.0 Å². The zero-order valence-corrected chi connectivity index (χ0v) is 12.7. The van der Waals surface area contributed by atoms with Crippen molar-refractivity contribution in [2.45, 2.75) is 50.7 Å². The van der Waals surface area contributed by atoms with Crippen molar-refractivity contribution in [1.82, 2.24) is 0 Å². The zero-order valence-electron chi connectivity index (χ0n) is 12.7. The Labute approximate surface area is 126 Å². The van der Waals surface area contributed by atoms with Crippen molar-refractivity contribution in [1.29, 1.82) is 0 Å². The van der Waals surface area contributed by atoms with Crippen LogP contribution in [0.25, 0.3) is 0 Å². The molecule has 0 unspecified atom stereocenters. The number of para-hydroxylation sites is 1. The molecule has 1 N–H and O–H groups in total. The molecular weight excluding hydrogens is 266 g/mol. The van der Waals surface area contributed by atoms with Gasteiger partial charge in [-0.1, -0.05) is 18.2 Å². The van der Waals surface area contributed by atoms with Crippen molar-refractivity contribution in [3.63, 3.8) is 0 Å². The van der Waals surface area contributed by atoms with Gasteiger partial charge in [0.2, 0.25) is 0 Å². The molecule has 1 aromatic rings. The summed E-state index contributed by atoms with van der Waals surface area (Å²) in [5, 5.41) is 8.84. The summed E-state index contributed by atoms with van der Waals surface area (Å²) in [5.41, 5.74) is 1.20. The summed E-state index contributed by atoms with van der Waals surface area (Å²) in [7, 11) is 1.78. The molecule has 1 aliphatic carbocycles. The van der Waals surface area contributed by atoms with E-state index in [0.717, 1.165) is 32.2 Å². The summed E-state index contributed by atoms with van der Waals surface area (Å²) in [6.07, 6.45) is 5.71. The maximum atomic E-state index is 10.7. The Bertz CT molecular complexity index is 427. The number of rotatable bonds is 7. The number of methoxy groups -OCH3 is 1. The van der Waals surface area contributed by atoms with Gasteiger partial charge in [-0.25, -0.2) is 0 Å². The SMILES string of the molecule is COC1CCC(N(CCCC(=O)O)c2ccccc2)CC1. The predicted molar refractivity (Wildman–Crippen MR) is 83.7 cm³/mol. The van der Waals surface area contributed by atoms with Crippen molar-refractivity contribution >= 4 is 11.7 Å². The average Bonchev–Trinajstić information content (AvgIpc) is 2.52. The number of aliphatic carboxylic acids is 1. The van der Waals surface area contributed by atoms with Gasteiger partial charge in [0.15, 0.2) is 0 Å². The first kappa shape index (κ1) is 15.8. The van der Waals surface area contributed by atoms with Crippen LogP contribution in [0.15, 0.2) is 30.3 Å². The summed E-state index contributed by atoms with van der Waals surface area (Å²) in [4.78, 5) is 13.1. The van der Waals surface area contributed by atoms with Crippen LogP contribution in [0.3, 0.4) is 0 Å². The maximum absolute atomic E-state index is 10.7. The molecule has 0 amide bonds. The van der Waals surface area contributed by atoms with Crippen LogP contribution in [0.2, 0.25) is 0 Å². The molecular formula is C17H25NO3. The quantitative estimate of drug-likeness (QED) is 0.837. The monoisotopic (exact) mass is 291 g/mol. The lowest BCUT2D eigenvalue weighted by molar-refractivity contribution is -0.137. The zero-order chi connectivity index (χ0) is 15.1. The van der Waals surface area contributed by atoms with Crippen molar-refractivity contribution in [3.8, 4) is 0 Å². The molecule has 0 aliphatic heterocycles. The largest absolute Gasteiger partial charge is 0.481 e. The molecule has 1 aromatic carbocycles. The molecule has 4 nitrogen and oxygen atoms in total. The average molecular weight is 291 g/mol. The summed E-state index contributed by atoms with van der Waals surface area (Å²) in [5.74, 6) is -0.717. The van der Waals surface area contributed by atoms with Gasteiger partial charge in [-0.15, -0.1) is 0 Å². The molecule has 116 valence electrons. The number of carbonyl (C=O) groups is 1. The van der Waals surface area contributed by atoms with Gasteiger partial charge < -0.3 is 14.7 Å². The smallest absolute Gasteiger partial charge is 0.303 e. The molecule has 1 saturated carbocycles. The number of hydrogen-bond donors (Lipinski definition) is 1. The Kier molecular flexibility index (Phi) is 6.05. The van der Waals surface area contributed by atoms with Crippen molar-refractivity contribution in [2.24, 2.45) is 0 Å². The number of hydrogen-bond acceptors (Lipinski definition) is 3. The van der Waals surface area contributed by atoms with Crippen LogP contribution in [-0.2, 0) is 9.53 Å². The minimum Gasteiger partial charge on any atom is -0.481 e. The molecule has 0 bridgehead atoms. The van der Waals surface area contributed by atoms with Crippen LogP contribution in [0.1, 0.15) is 38.5 Å². The van der Waals surface area contributed by atoms with Crippen molar-refractivity contribution in [2.75, 3.05) is 18.6 Å². The van der Waals surface area contributed by atoms with Crippen LogP contribution in [0.4, 0.5) is 5.69 Å². The fraction of sp³-hybridized carbons (Fsp3) is 0.588. The third kappa shape index (κ3) is 4.74.